The summed E-state index contributed by atoms with van der Waals surface area (Å²) in [7, 11) is 0. The fourth-order valence-corrected chi connectivity index (χ4v) is 3.46. The Balaban J connectivity index is 1.72. The van der Waals surface area contributed by atoms with Gasteiger partial charge in [0.25, 0.3) is 0 Å². The normalized spacial score (nSPS) is 15.7. The summed E-state index contributed by atoms with van der Waals surface area (Å²) in [6, 6.07) is 12.2. The van der Waals surface area contributed by atoms with E-state index in [2.05, 4.69) is 22.4 Å². The number of rotatable bonds is 6. The zero-order valence-electron chi connectivity index (χ0n) is 14.6. The molecular weight excluding hydrogens is 314 g/mol. The number of aryl methyl sites for hydroxylation is 2. The SMILES string of the molecule is Cc1cccnc1CNC(=O)N(CCCO)[C@H]1CCc2ccccc21. The van der Waals surface area contributed by atoms with Crippen molar-refractivity contribution < 1.29 is 9.90 Å². The van der Waals surface area contributed by atoms with Crippen molar-refractivity contribution in [3.05, 3.63) is 65.0 Å². The zero-order valence-corrected chi connectivity index (χ0v) is 14.6. The topological polar surface area (TPSA) is 65.5 Å². The number of aromatic nitrogens is 1. The first kappa shape index (κ1) is 17.4. The second-order valence-electron chi connectivity index (χ2n) is 6.45. The van der Waals surface area contributed by atoms with Crippen molar-refractivity contribution in [3.8, 4) is 0 Å². The van der Waals surface area contributed by atoms with Crippen LogP contribution in [-0.4, -0.2) is 34.2 Å². The van der Waals surface area contributed by atoms with E-state index < -0.39 is 0 Å². The highest BCUT2D eigenvalue weighted by Crippen LogP contribution is 2.35. The molecule has 0 unspecified atom stereocenters. The Hall–Kier alpha value is -2.40. The second-order valence-corrected chi connectivity index (χ2v) is 6.45. The molecule has 0 radical (unpaired) electrons. The fourth-order valence-electron chi connectivity index (χ4n) is 3.46. The predicted octanol–water partition coefficient (Wildman–Crippen LogP) is 2.97. The van der Waals surface area contributed by atoms with E-state index in [0.717, 1.165) is 24.1 Å². The molecule has 1 aromatic heterocycles. The van der Waals surface area contributed by atoms with Crippen LogP contribution >= 0.6 is 0 Å². The third-order valence-corrected chi connectivity index (χ3v) is 4.82. The van der Waals surface area contributed by atoms with Crippen LogP contribution in [0.3, 0.4) is 0 Å². The number of pyridine rings is 1. The van der Waals surface area contributed by atoms with Crippen molar-refractivity contribution in [1.29, 1.82) is 0 Å². The second kappa shape index (κ2) is 8.12. The molecule has 132 valence electrons. The molecule has 25 heavy (non-hydrogen) atoms. The number of amides is 2. The summed E-state index contributed by atoms with van der Waals surface area (Å²) in [5.41, 5.74) is 4.49. The van der Waals surface area contributed by atoms with Gasteiger partial charge in [-0.2, -0.15) is 0 Å². The van der Waals surface area contributed by atoms with Gasteiger partial charge in [-0.25, -0.2) is 4.79 Å². The molecule has 1 heterocycles. The number of nitrogens with one attached hydrogen (secondary N) is 1. The Morgan fingerprint density at radius 3 is 2.96 bits per heavy atom. The van der Waals surface area contributed by atoms with Gasteiger partial charge >= 0.3 is 6.03 Å². The largest absolute Gasteiger partial charge is 0.396 e. The first-order valence-electron chi connectivity index (χ1n) is 8.84. The van der Waals surface area contributed by atoms with Gasteiger partial charge in [-0.05, 0) is 48.9 Å². The van der Waals surface area contributed by atoms with Gasteiger partial charge < -0.3 is 15.3 Å². The van der Waals surface area contributed by atoms with Gasteiger partial charge in [-0.3, -0.25) is 4.98 Å². The summed E-state index contributed by atoms with van der Waals surface area (Å²) < 4.78 is 0. The maximum atomic E-state index is 12.8. The minimum Gasteiger partial charge on any atom is -0.396 e. The van der Waals surface area contributed by atoms with Crippen LogP contribution in [0.4, 0.5) is 4.79 Å². The van der Waals surface area contributed by atoms with Crippen molar-refractivity contribution >= 4 is 6.03 Å². The molecule has 2 amide bonds. The molecule has 0 saturated heterocycles. The van der Waals surface area contributed by atoms with E-state index in [1.807, 2.05) is 36.1 Å². The lowest BCUT2D eigenvalue weighted by molar-refractivity contribution is 0.164. The molecule has 0 fully saturated rings. The number of aliphatic hydroxyl groups excluding tert-OH is 1. The highest BCUT2D eigenvalue weighted by molar-refractivity contribution is 5.75. The molecular formula is C20H25N3O2. The lowest BCUT2D eigenvalue weighted by Crippen LogP contribution is -2.42. The van der Waals surface area contributed by atoms with Gasteiger partial charge in [-0.1, -0.05) is 30.3 Å². The minimum atomic E-state index is -0.0970. The summed E-state index contributed by atoms with van der Waals surface area (Å²) in [4.78, 5) is 19.0. The van der Waals surface area contributed by atoms with E-state index >= 15 is 0 Å². The van der Waals surface area contributed by atoms with Gasteiger partial charge in [0.1, 0.15) is 0 Å². The summed E-state index contributed by atoms with van der Waals surface area (Å²) in [5.74, 6) is 0. The standard InChI is InChI=1S/C20H25N3O2/c1-15-6-4-11-21-18(15)14-22-20(25)23(12-5-13-24)19-10-9-16-7-2-3-8-17(16)19/h2-4,6-8,11,19,24H,5,9-10,12-14H2,1H3,(H,22,25)/t19-/m0/s1. The lowest BCUT2D eigenvalue weighted by Gasteiger charge is -2.30. The Bertz CT molecular complexity index is 732. The quantitative estimate of drug-likeness (QED) is 0.850. The Morgan fingerprint density at radius 1 is 1.32 bits per heavy atom. The number of nitrogens with zero attached hydrogens (tertiary/aromatic N) is 2. The number of urea groups is 1. The first-order chi connectivity index (χ1) is 12.2. The first-order valence-corrected chi connectivity index (χ1v) is 8.84. The highest BCUT2D eigenvalue weighted by atomic mass is 16.3. The average molecular weight is 339 g/mol. The summed E-state index contributed by atoms with van der Waals surface area (Å²) in [6.07, 6.45) is 4.24. The fraction of sp³-hybridized carbons (Fsp3) is 0.400. The van der Waals surface area contributed by atoms with Crippen LogP contribution in [0, 0.1) is 6.92 Å². The highest BCUT2D eigenvalue weighted by Gasteiger charge is 2.30. The van der Waals surface area contributed by atoms with Crippen molar-refractivity contribution in [1.82, 2.24) is 15.2 Å². The minimum absolute atomic E-state index is 0.0765. The third kappa shape index (κ3) is 3.99. The van der Waals surface area contributed by atoms with Crippen LogP contribution in [-0.2, 0) is 13.0 Å². The summed E-state index contributed by atoms with van der Waals surface area (Å²) in [5, 5.41) is 12.2. The Morgan fingerprint density at radius 2 is 2.16 bits per heavy atom. The zero-order chi connectivity index (χ0) is 17.6. The number of aliphatic hydroxyl groups is 1. The number of hydrogen-bond donors (Lipinski definition) is 2. The smallest absolute Gasteiger partial charge is 0.318 e. The van der Waals surface area contributed by atoms with Gasteiger partial charge in [0, 0.05) is 19.3 Å². The Labute approximate surface area is 148 Å². The molecule has 2 aromatic rings. The van der Waals surface area contributed by atoms with Crippen LogP contribution in [0.1, 0.15) is 41.3 Å². The Kier molecular flexibility index (Phi) is 5.66. The summed E-state index contributed by atoms with van der Waals surface area (Å²) in [6.45, 7) is 3.03. The number of carbonyl (C=O) groups excluding carboxylic acids is 1. The maximum absolute atomic E-state index is 12.8. The van der Waals surface area contributed by atoms with Crippen molar-refractivity contribution in [2.75, 3.05) is 13.2 Å². The third-order valence-electron chi connectivity index (χ3n) is 4.82. The monoisotopic (exact) mass is 339 g/mol. The number of benzene rings is 1. The molecule has 2 N–H and O–H groups in total. The summed E-state index contributed by atoms with van der Waals surface area (Å²) >= 11 is 0. The molecule has 1 aliphatic rings. The van der Waals surface area contributed by atoms with E-state index in [-0.39, 0.29) is 18.7 Å². The molecule has 0 bridgehead atoms. The van der Waals surface area contributed by atoms with Gasteiger partial charge in [0.05, 0.1) is 18.3 Å². The molecule has 1 aliphatic carbocycles. The van der Waals surface area contributed by atoms with E-state index in [9.17, 15) is 9.90 Å². The predicted molar refractivity (Wildman–Crippen MR) is 97.1 cm³/mol. The number of hydrogen-bond acceptors (Lipinski definition) is 3. The average Bonchev–Trinajstić information content (AvgIpc) is 3.05. The molecule has 1 atom stereocenters. The van der Waals surface area contributed by atoms with Crippen LogP contribution < -0.4 is 5.32 Å². The molecule has 5 nitrogen and oxygen atoms in total. The van der Waals surface area contributed by atoms with Crippen molar-refractivity contribution in [2.45, 2.75) is 38.8 Å². The lowest BCUT2D eigenvalue weighted by atomic mass is 10.1. The van der Waals surface area contributed by atoms with Crippen LogP contribution in [0.5, 0.6) is 0 Å². The van der Waals surface area contributed by atoms with E-state index in [1.54, 1.807) is 6.20 Å². The number of fused-ring (bicyclic) bond motifs is 1. The molecule has 0 aliphatic heterocycles. The van der Waals surface area contributed by atoms with E-state index in [1.165, 1.54) is 11.1 Å². The number of carbonyl (C=O) groups is 1. The molecule has 3 rings (SSSR count). The molecule has 1 aromatic carbocycles. The van der Waals surface area contributed by atoms with Gasteiger partial charge in [0.15, 0.2) is 0 Å². The van der Waals surface area contributed by atoms with Crippen LogP contribution in [0.25, 0.3) is 0 Å². The van der Waals surface area contributed by atoms with Crippen molar-refractivity contribution in [3.63, 3.8) is 0 Å². The maximum Gasteiger partial charge on any atom is 0.318 e. The van der Waals surface area contributed by atoms with Crippen LogP contribution in [0.2, 0.25) is 0 Å². The van der Waals surface area contributed by atoms with Crippen LogP contribution in [0.15, 0.2) is 42.6 Å². The van der Waals surface area contributed by atoms with Crippen molar-refractivity contribution in [2.24, 2.45) is 0 Å². The molecule has 5 heteroatoms. The van der Waals surface area contributed by atoms with E-state index in [0.29, 0.717) is 19.5 Å². The molecule has 0 spiro atoms. The van der Waals surface area contributed by atoms with Gasteiger partial charge in [0.2, 0.25) is 0 Å². The van der Waals surface area contributed by atoms with Gasteiger partial charge in [-0.15, -0.1) is 0 Å². The van der Waals surface area contributed by atoms with E-state index in [4.69, 9.17) is 0 Å². The molecule has 0 saturated carbocycles.